The lowest BCUT2D eigenvalue weighted by molar-refractivity contribution is -0.122. The summed E-state index contributed by atoms with van der Waals surface area (Å²) in [6, 6.07) is 50.5. The Bertz CT molecular complexity index is 2040. The summed E-state index contributed by atoms with van der Waals surface area (Å²) in [6.07, 6.45) is -0.271. The van der Waals surface area contributed by atoms with E-state index in [1.165, 1.54) is 12.1 Å². The first-order chi connectivity index (χ1) is 25.9. The molecule has 6 aromatic rings. The van der Waals surface area contributed by atoms with Crippen molar-refractivity contribution < 1.29 is 24.5 Å². The zero-order valence-corrected chi connectivity index (χ0v) is 29.8. The van der Waals surface area contributed by atoms with Crippen molar-refractivity contribution in [2.75, 3.05) is 18.9 Å². The second-order valence-electron chi connectivity index (χ2n) is 13.0. The molecule has 53 heavy (non-hydrogen) atoms. The van der Waals surface area contributed by atoms with Crippen LogP contribution in [0.15, 0.2) is 158 Å². The summed E-state index contributed by atoms with van der Waals surface area (Å²) in [5.74, 6) is -0.704. The van der Waals surface area contributed by atoms with Gasteiger partial charge in [-0.15, -0.1) is 11.8 Å². The topological polar surface area (TPSA) is 108 Å². The van der Waals surface area contributed by atoms with E-state index in [-0.39, 0.29) is 42.2 Å². The Morgan fingerprint density at radius 3 is 1.70 bits per heavy atom. The van der Waals surface area contributed by atoms with Crippen LogP contribution in [0, 0.1) is 0 Å². The summed E-state index contributed by atoms with van der Waals surface area (Å²) in [5.41, 5.74) is 8.32. The van der Waals surface area contributed by atoms with Crippen LogP contribution >= 0.6 is 11.8 Å². The van der Waals surface area contributed by atoms with Crippen LogP contribution in [-0.4, -0.2) is 47.2 Å². The van der Waals surface area contributed by atoms with Crippen molar-refractivity contribution in [1.82, 2.24) is 10.6 Å². The normalized spacial score (nSPS) is 12.7. The standard InChI is InChI=1S/C45H40N2O5S/c48-41-25-24-31(28-42(41)49)26-27-46-43(50)40(47-44(51)52-29-39-37-22-12-10-20-35(37)36-21-11-13-23-38(36)39)30-53-45(32-14-4-1-5-15-32,33-16-6-2-7-17-33)34-18-8-3-9-19-34/h1-25,28,39-40,48-49H,26-27,29-30H2,(H,46,50)(H,47,51)/t40-/m0/s1. The molecule has 0 saturated carbocycles. The minimum Gasteiger partial charge on any atom is -0.504 e. The molecule has 0 aliphatic heterocycles. The average molecular weight is 721 g/mol. The zero-order valence-electron chi connectivity index (χ0n) is 29.0. The number of thioether (sulfide) groups is 1. The van der Waals surface area contributed by atoms with Gasteiger partial charge in [0.05, 0.1) is 4.75 Å². The van der Waals surface area contributed by atoms with E-state index in [1.54, 1.807) is 17.8 Å². The van der Waals surface area contributed by atoms with Gasteiger partial charge in [0.1, 0.15) is 12.6 Å². The lowest BCUT2D eigenvalue weighted by Crippen LogP contribution is -2.49. The number of rotatable bonds is 13. The van der Waals surface area contributed by atoms with E-state index in [1.807, 2.05) is 78.9 Å². The second kappa shape index (κ2) is 16.1. The summed E-state index contributed by atoms with van der Waals surface area (Å²) >= 11 is 1.57. The van der Waals surface area contributed by atoms with Crippen LogP contribution in [-0.2, 0) is 20.7 Å². The number of hydrogen-bond acceptors (Lipinski definition) is 6. The van der Waals surface area contributed by atoms with Crippen LogP contribution in [0.2, 0.25) is 0 Å². The third-order valence-electron chi connectivity index (χ3n) is 9.71. The fourth-order valence-electron chi connectivity index (χ4n) is 7.12. The maximum atomic E-state index is 14.0. The lowest BCUT2D eigenvalue weighted by atomic mass is 9.84. The number of carbonyl (C=O) groups is 2. The van der Waals surface area contributed by atoms with Gasteiger partial charge in [0.25, 0.3) is 0 Å². The Hall–Kier alpha value is -5.99. The van der Waals surface area contributed by atoms with Crippen LogP contribution in [0.4, 0.5) is 4.79 Å². The number of ether oxygens (including phenoxy) is 1. The van der Waals surface area contributed by atoms with Crippen molar-refractivity contribution >= 4 is 23.8 Å². The fraction of sp³-hybridized carbons (Fsp3) is 0.156. The molecule has 0 unspecified atom stereocenters. The number of hydrogen-bond donors (Lipinski definition) is 4. The molecule has 0 saturated heterocycles. The Balaban J connectivity index is 1.15. The van der Waals surface area contributed by atoms with E-state index in [9.17, 15) is 19.8 Å². The zero-order chi connectivity index (χ0) is 36.6. The summed E-state index contributed by atoms with van der Waals surface area (Å²) < 4.78 is 5.20. The first-order valence-corrected chi connectivity index (χ1v) is 18.6. The van der Waals surface area contributed by atoms with Gasteiger partial charge in [0.2, 0.25) is 5.91 Å². The van der Waals surface area contributed by atoms with Gasteiger partial charge in [-0.05, 0) is 63.1 Å². The molecule has 0 spiro atoms. The number of aromatic hydroxyl groups is 2. The highest BCUT2D eigenvalue weighted by atomic mass is 32.2. The minimum absolute atomic E-state index is 0.119. The monoisotopic (exact) mass is 720 g/mol. The summed E-state index contributed by atoms with van der Waals surface area (Å²) in [7, 11) is 0. The molecular weight excluding hydrogens is 681 g/mol. The first-order valence-electron chi connectivity index (χ1n) is 17.6. The largest absolute Gasteiger partial charge is 0.504 e. The highest BCUT2D eigenvalue weighted by Gasteiger charge is 2.39. The van der Waals surface area contributed by atoms with Crippen molar-refractivity contribution in [2.24, 2.45) is 0 Å². The van der Waals surface area contributed by atoms with E-state index in [2.05, 4.69) is 71.3 Å². The molecule has 2 amide bonds. The fourth-order valence-corrected chi connectivity index (χ4v) is 8.68. The van der Waals surface area contributed by atoms with Gasteiger partial charge in [0, 0.05) is 18.2 Å². The molecule has 7 nitrogen and oxygen atoms in total. The van der Waals surface area contributed by atoms with Crippen molar-refractivity contribution in [2.45, 2.75) is 23.1 Å². The summed E-state index contributed by atoms with van der Waals surface area (Å²) in [5, 5.41) is 25.6. The molecule has 0 radical (unpaired) electrons. The molecule has 1 aliphatic carbocycles. The predicted octanol–water partition coefficient (Wildman–Crippen LogP) is 8.39. The van der Waals surface area contributed by atoms with Crippen molar-refractivity contribution in [3.05, 3.63) is 191 Å². The number of carbonyl (C=O) groups excluding carboxylic acids is 2. The SMILES string of the molecule is O=C(N[C@@H](CSC(c1ccccc1)(c1ccccc1)c1ccccc1)C(=O)NCCc1ccc(O)c(O)c1)OCC1c2ccccc2-c2ccccc21. The molecular formula is C45H40N2O5S. The van der Waals surface area contributed by atoms with Gasteiger partial charge in [-0.25, -0.2) is 4.79 Å². The minimum atomic E-state index is -0.959. The maximum absolute atomic E-state index is 14.0. The predicted molar refractivity (Wildman–Crippen MR) is 210 cm³/mol. The number of benzene rings is 6. The van der Waals surface area contributed by atoms with E-state index >= 15 is 0 Å². The number of fused-ring (bicyclic) bond motifs is 3. The smallest absolute Gasteiger partial charge is 0.407 e. The molecule has 4 N–H and O–H groups in total. The van der Waals surface area contributed by atoms with Crippen molar-refractivity contribution in [3.63, 3.8) is 0 Å². The van der Waals surface area contributed by atoms with Gasteiger partial charge in [0.15, 0.2) is 11.5 Å². The van der Waals surface area contributed by atoms with Crippen LogP contribution < -0.4 is 10.6 Å². The molecule has 0 aromatic heterocycles. The molecule has 266 valence electrons. The van der Waals surface area contributed by atoms with Gasteiger partial charge in [-0.1, -0.05) is 146 Å². The van der Waals surface area contributed by atoms with Crippen LogP contribution in [0.5, 0.6) is 11.5 Å². The summed E-state index contributed by atoms with van der Waals surface area (Å²) in [4.78, 5) is 27.7. The third kappa shape index (κ3) is 7.64. The number of phenols is 2. The van der Waals surface area contributed by atoms with Gasteiger partial charge < -0.3 is 25.6 Å². The highest BCUT2D eigenvalue weighted by molar-refractivity contribution is 8.00. The van der Waals surface area contributed by atoms with Gasteiger partial charge in [-0.3, -0.25) is 4.79 Å². The number of nitrogens with one attached hydrogen (secondary N) is 2. The van der Waals surface area contributed by atoms with Crippen molar-refractivity contribution in [1.29, 1.82) is 0 Å². The van der Waals surface area contributed by atoms with Gasteiger partial charge >= 0.3 is 6.09 Å². The summed E-state index contributed by atoms with van der Waals surface area (Å²) in [6.45, 7) is 0.367. The van der Waals surface area contributed by atoms with Crippen LogP contribution in [0.3, 0.4) is 0 Å². The highest BCUT2D eigenvalue weighted by Crippen LogP contribution is 2.49. The molecule has 1 atom stereocenters. The van der Waals surface area contributed by atoms with E-state index in [4.69, 9.17) is 4.74 Å². The van der Waals surface area contributed by atoms with Crippen LogP contribution in [0.1, 0.15) is 39.3 Å². The van der Waals surface area contributed by atoms with Crippen molar-refractivity contribution in [3.8, 4) is 22.6 Å². The Labute approximate surface area is 313 Å². The quantitative estimate of drug-likeness (QED) is 0.0706. The Morgan fingerprint density at radius 2 is 1.17 bits per heavy atom. The number of amides is 2. The number of phenolic OH excluding ortho intramolecular Hbond substituents is 2. The molecule has 6 aromatic carbocycles. The van der Waals surface area contributed by atoms with Gasteiger partial charge in [-0.2, -0.15) is 0 Å². The average Bonchev–Trinajstić information content (AvgIpc) is 3.52. The Morgan fingerprint density at radius 1 is 0.660 bits per heavy atom. The first kappa shape index (κ1) is 35.4. The molecule has 7 rings (SSSR count). The van der Waals surface area contributed by atoms with Crippen LogP contribution in [0.25, 0.3) is 11.1 Å². The molecule has 0 bridgehead atoms. The number of alkyl carbamates (subject to hydrolysis) is 1. The van der Waals surface area contributed by atoms with E-state index in [0.717, 1.165) is 44.5 Å². The maximum Gasteiger partial charge on any atom is 0.407 e. The molecule has 0 fully saturated rings. The molecule has 1 aliphatic rings. The molecule has 0 heterocycles. The van der Waals surface area contributed by atoms with E-state index < -0.39 is 16.9 Å². The second-order valence-corrected chi connectivity index (χ2v) is 14.2. The molecule has 8 heteroatoms. The van der Waals surface area contributed by atoms with E-state index in [0.29, 0.717) is 6.42 Å². The third-order valence-corrected chi connectivity index (χ3v) is 11.4. The lowest BCUT2D eigenvalue weighted by Gasteiger charge is -2.36. The Kier molecular flexibility index (Phi) is 10.8.